The highest BCUT2D eigenvalue weighted by molar-refractivity contribution is 6.33. The maximum absolute atomic E-state index is 12.4. The lowest BCUT2D eigenvalue weighted by molar-refractivity contribution is 0.0346. The molecule has 2 N–H and O–H groups in total. The van der Waals surface area contributed by atoms with Crippen molar-refractivity contribution >= 4 is 17.6 Å². The predicted octanol–water partition coefficient (Wildman–Crippen LogP) is 3.43. The van der Waals surface area contributed by atoms with Crippen LogP contribution >= 0.6 is 11.6 Å². The molecule has 7 nitrogen and oxygen atoms in total. The van der Waals surface area contributed by atoms with Gasteiger partial charge in [-0.1, -0.05) is 37.1 Å². The number of hydrogen-bond donors (Lipinski definition) is 2. The topological polar surface area (TPSA) is 97.7 Å². The van der Waals surface area contributed by atoms with Crippen molar-refractivity contribution < 1.29 is 24.3 Å². The summed E-state index contributed by atoms with van der Waals surface area (Å²) >= 11 is 6.15. The smallest absolute Gasteiger partial charge is 0.401 e. The van der Waals surface area contributed by atoms with Crippen LogP contribution < -0.4 is 4.84 Å². The number of aromatic nitrogens is 2. The monoisotopic (exact) mass is 362 g/mol. The second-order valence-electron chi connectivity index (χ2n) is 5.25. The van der Waals surface area contributed by atoms with Crippen LogP contribution in [0.1, 0.15) is 29.6 Å². The molecule has 0 amide bonds. The Labute approximate surface area is 148 Å². The molecule has 0 saturated carbocycles. The van der Waals surface area contributed by atoms with E-state index >= 15 is 0 Å². The Morgan fingerprint density at radius 2 is 1.92 bits per heavy atom. The Bertz CT molecular complexity index is 896. The van der Waals surface area contributed by atoms with E-state index in [0.717, 1.165) is 6.42 Å². The van der Waals surface area contributed by atoms with Crippen LogP contribution in [-0.4, -0.2) is 25.9 Å². The molecule has 3 rings (SSSR count). The molecule has 130 valence electrons. The maximum Gasteiger partial charge on any atom is 0.401 e. The van der Waals surface area contributed by atoms with E-state index < -0.39 is 17.7 Å². The van der Waals surface area contributed by atoms with Crippen LogP contribution in [0.25, 0.3) is 11.5 Å². The molecule has 8 heteroatoms. The van der Waals surface area contributed by atoms with E-state index in [1.807, 2.05) is 6.92 Å². The number of carbonyl (C=O) groups is 1. The van der Waals surface area contributed by atoms with Gasteiger partial charge in [0, 0.05) is 12.1 Å². The first-order valence-corrected chi connectivity index (χ1v) is 7.96. The number of nitrogens with zero attached hydrogens (tertiary/aromatic N) is 2. The van der Waals surface area contributed by atoms with Crippen molar-refractivity contribution in [2.45, 2.75) is 19.8 Å². The summed E-state index contributed by atoms with van der Waals surface area (Å²) in [7, 11) is 0. The second-order valence-corrected chi connectivity index (χ2v) is 5.65. The molecule has 0 unspecified atom stereocenters. The van der Waals surface area contributed by atoms with Crippen molar-refractivity contribution in [1.82, 2.24) is 9.71 Å². The third-order valence-corrected chi connectivity index (χ3v) is 3.78. The molecule has 0 spiro atoms. The van der Waals surface area contributed by atoms with Crippen LogP contribution in [-0.2, 0) is 6.42 Å². The van der Waals surface area contributed by atoms with Crippen LogP contribution in [0.2, 0.25) is 5.02 Å². The van der Waals surface area contributed by atoms with Gasteiger partial charge in [-0.2, -0.15) is 0 Å². The van der Waals surface area contributed by atoms with E-state index in [4.69, 9.17) is 20.9 Å². The largest absolute Gasteiger partial charge is 0.492 e. The minimum Gasteiger partial charge on any atom is -0.492 e. The molecule has 1 aromatic carbocycles. The third kappa shape index (κ3) is 3.32. The highest BCUT2D eigenvalue weighted by Gasteiger charge is 2.25. The molecule has 3 aromatic rings. The number of carbonyl (C=O) groups excluding carboxylic acids is 1. The van der Waals surface area contributed by atoms with Gasteiger partial charge in [-0.15, -0.1) is 4.73 Å². The second kappa shape index (κ2) is 6.90. The van der Waals surface area contributed by atoms with Gasteiger partial charge in [-0.05, 0) is 18.6 Å². The van der Waals surface area contributed by atoms with Crippen LogP contribution in [0.15, 0.2) is 40.8 Å². The van der Waals surface area contributed by atoms with Crippen molar-refractivity contribution in [1.29, 1.82) is 0 Å². The molecule has 0 aliphatic rings. The standard InChI is InChI=1S/C17H15ClN2O5/c1-2-5-12-15(17(23)25-20-13(21)8-9-14(20)22)24-16(19-12)10-6-3-4-7-11(10)18/h3-4,6-9,21-22H,2,5H2,1H3. The Kier molecular flexibility index (Phi) is 4.67. The van der Waals surface area contributed by atoms with Gasteiger partial charge in [0.2, 0.25) is 23.4 Å². The first kappa shape index (κ1) is 16.9. The van der Waals surface area contributed by atoms with Crippen LogP contribution in [0, 0.1) is 0 Å². The molecule has 0 aliphatic heterocycles. The summed E-state index contributed by atoms with van der Waals surface area (Å²) in [5.74, 6) is -1.65. The summed E-state index contributed by atoms with van der Waals surface area (Å²) in [5, 5.41) is 19.6. The zero-order valence-corrected chi connectivity index (χ0v) is 14.0. The predicted molar refractivity (Wildman–Crippen MR) is 89.6 cm³/mol. The number of aryl methyl sites for hydroxylation is 1. The Hall–Kier alpha value is -2.93. The molecule has 0 saturated heterocycles. The fourth-order valence-corrected chi connectivity index (χ4v) is 2.50. The van der Waals surface area contributed by atoms with Gasteiger partial charge in [0.15, 0.2) is 0 Å². The fourth-order valence-electron chi connectivity index (χ4n) is 2.29. The average Bonchev–Trinajstić information content (AvgIpc) is 3.14. The Morgan fingerprint density at radius 3 is 2.56 bits per heavy atom. The first-order chi connectivity index (χ1) is 12.0. The maximum atomic E-state index is 12.4. The molecule has 2 aromatic heterocycles. The SMILES string of the molecule is CCCc1nc(-c2ccccc2Cl)oc1C(=O)On1c(O)ccc1O. The summed E-state index contributed by atoms with van der Waals surface area (Å²) in [4.78, 5) is 21.7. The molecule has 0 atom stereocenters. The summed E-state index contributed by atoms with van der Waals surface area (Å²) in [6.07, 6.45) is 1.22. The number of hydrogen-bond acceptors (Lipinski definition) is 6. The molecule has 0 bridgehead atoms. The number of rotatable bonds is 5. The Morgan fingerprint density at radius 1 is 1.24 bits per heavy atom. The van der Waals surface area contributed by atoms with Gasteiger partial charge in [-0.3, -0.25) is 0 Å². The van der Waals surface area contributed by atoms with Gasteiger partial charge in [0.05, 0.1) is 16.3 Å². The van der Waals surface area contributed by atoms with E-state index in [9.17, 15) is 15.0 Å². The van der Waals surface area contributed by atoms with E-state index in [1.54, 1.807) is 24.3 Å². The molecule has 0 fully saturated rings. The molecular formula is C17H15ClN2O5. The molecule has 0 radical (unpaired) electrons. The van der Waals surface area contributed by atoms with Gasteiger partial charge >= 0.3 is 5.97 Å². The third-order valence-electron chi connectivity index (χ3n) is 3.45. The fraction of sp³-hybridized carbons (Fsp3) is 0.176. The van der Waals surface area contributed by atoms with E-state index in [2.05, 4.69) is 4.98 Å². The lowest BCUT2D eigenvalue weighted by atomic mass is 10.2. The van der Waals surface area contributed by atoms with Crippen LogP contribution in [0.4, 0.5) is 0 Å². The summed E-state index contributed by atoms with van der Waals surface area (Å²) in [6.45, 7) is 1.93. The summed E-state index contributed by atoms with van der Waals surface area (Å²) < 4.78 is 6.17. The average molecular weight is 363 g/mol. The van der Waals surface area contributed by atoms with E-state index in [0.29, 0.717) is 27.4 Å². The van der Waals surface area contributed by atoms with Gasteiger partial charge in [-0.25, -0.2) is 9.78 Å². The van der Waals surface area contributed by atoms with Gasteiger partial charge < -0.3 is 19.5 Å². The number of oxazole rings is 1. The minimum absolute atomic E-state index is 0.107. The summed E-state index contributed by atoms with van der Waals surface area (Å²) in [5.41, 5.74) is 0.959. The van der Waals surface area contributed by atoms with Crippen molar-refractivity contribution in [2.75, 3.05) is 0 Å². The van der Waals surface area contributed by atoms with Crippen molar-refractivity contribution in [3.8, 4) is 23.2 Å². The zero-order valence-electron chi connectivity index (χ0n) is 13.3. The van der Waals surface area contributed by atoms with Gasteiger partial charge in [0.25, 0.3) is 0 Å². The Balaban J connectivity index is 1.97. The normalized spacial score (nSPS) is 10.8. The number of halogens is 1. The molecular weight excluding hydrogens is 348 g/mol. The molecule has 0 aliphatic carbocycles. The van der Waals surface area contributed by atoms with E-state index in [-0.39, 0.29) is 11.7 Å². The number of aromatic hydroxyl groups is 2. The minimum atomic E-state index is -0.893. The number of benzene rings is 1. The van der Waals surface area contributed by atoms with Gasteiger partial charge in [0.1, 0.15) is 0 Å². The first-order valence-electron chi connectivity index (χ1n) is 7.58. The highest BCUT2D eigenvalue weighted by Crippen LogP contribution is 2.29. The van der Waals surface area contributed by atoms with E-state index in [1.165, 1.54) is 12.1 Å². The van der Waals surface area contributed by atoms with Crippen molar-refractivity contribution in [2.24, 2.45) is 0 Å². The van der Waals surface area contributed by atoms with Crippen LogP contribution in [0.5, 0.6) is 11.8 Å². The quantitative estimate of drug-likeness (QED) is 0.721. The zero-order chi connectivity index (χ0) is 18.0. The lowest BCUT2D eigenvalue weighted by Gasteiger charge is -2.05. The van der Waals surface area contributed by atoms with Crippen LogP contribution in [0.3, 0.4) is 0 Å². The molecule has 25 heavy (non-hydrogen) atoms. The highest BCUT2D eigenvalue weighted by atomic mass is 35.5. The summed E-state index contributed by atoms with van der Waals surface area (Å²) in [6, 6.07) is 9.33. The lowest BCUT2D eigenvalue weighted by Crippen LogP contribution is -2.19. The van der Waals surface area contributed by atoms with Crippen molar-refractivity contribution in [3.63, 3.8) is 0 Å². The van der Waals surface area contributed by atoms with Crippen molar-refractivity contribution in [3.05, 3.63) is 52.9 Å². The molecule has 2 heterocycles.